The Morgan fingerprint density at radius 2 is 2.20 bits per heavy atom. The average molecular weight is 430 g/mol. The van der Waals surface area contributed by atoms with Gasteiger partial charge in [-0.25, -0.2) is 4.98 Å². The van der Waals surface area contributed by atoms with E-state index in [1.165, 1.54) is 4.88 Å². The summed E-state index contributed by atoms with van der Waals surface area (Å²) in [5.41, 5.74) is 3.33. The zero-order valence-electron chi connectivity index (χ0n) is 17.6. The average Bonchev–Trinajstić information content (AvgIpc) is 3.45. The normalized spacial score (nSPS) is 16.4. The molecular formula is C22H27N3O4S. The molecule has 0 aliphatic carbocycles. The number of rotatable bonds is 8. The second-order valence-electron chi connectivity index (χ2n) is 7.65. The fourth-order valence-corrected chi connectivity index (χ4v) is 4.69. The number of ether oxygens (including phenoxy) is 2. The number of nitrogens with one attached hydrogen (secondary N) is 1. The van der Waals surface area contributed by atoms with Crippen LogP contribution in [0.15, 0.2) is 16.7 Å². The number of amides is 1. The number of thiophene rings is 1. The number of nitrogens with zero attached hydrogens (tertiary/aromatic N) is 2. The van der Waals surface area contributed by atoms with Crippen LogP contribution >= 0.6 is 11.3 Å². The Morgan fingerprint density at radius 1 is 1.33 bits per heavy atom. The molecule has 3 aromatic heterocycles. The van der Waals surface area contributed by atoms with Crippen LogP contribution in [0.25, 0.3) is 22.4 Å². The Labute approximate surface area is 179 Å². The van der Waals surface area contributed by atoms with Crippen molar-refractivity contribution in [3.8, 4) is 11.3 Å². The summed E-state index contributed by atoms with van der Waals surface area (Å²) in [4.78, 5) is 19.9. The maximum atomic E-state index is 13.0. The van der Waals surface area contributed by atoms with Gasteiger partial charge >= 0.3 is 0 Å². The molecule has 1 atom stereocenters. The number of hydrogen-bond acceptors (Lipinski definition) is 7. The lowest BCUT2D eigenvalue weighted by molar-refractivity contribution is 0.0166. The van der Waals surface area contributed by atoms with Gasteiger partial charge in [-0.1, -0.05) is 5.16 Å². The third-order valence-electron chi connectivity index (χ3n) is 5.26. The van der Waals surface area contributed by atoms with Gasteiger partial charge in [0.1, 0.15) is 0 Å². The van der Waals surface area contributed by atoms with Gasteiger partial charge in [0.15, 0.2) is 0 Å². The van der Waals surface area contributed by atoms with Crippen molar-refractivity contribution in [2.45, 2.75) is 46.1 Å². The molecule has 0 spiro atoms. The summed E-state index contributed by atoms with van der Waals surface area (Å²) in [6.45, 7) is 8.53. The van der Waals surface area contributed by atoms with E-state index in [4.69, 9.17) is 14.0 Å². The van der Waals surface area contributed by atoms with Crippen molar-refractivity contribution in [2.75, 3.05) is 26.4 Å². The molecule has 0 aromatic carbocycles. The molecule has 7 nitrogen and oxygen atoms in total. The fourth-order valence-electron chi connectivity index (χ4n) is 3.76. The molecule has 4 heterocycles. The Hall–Kier alpha value is -2.29. The highest BCUT2D eigenvalue weighted by Gasteiger charge is 2.20. The van der Waals surface area contributed by atoms with Crippen LogP contribution in [0.5, 0.6) is 0 Å². The molecule has 1 amide bonds. The lowest BCUT2D eigenvalue weighted by Gasteiger charge is -2.11. The van der Waals surface area contributed by atoms with Gasteiger partial charge in [0.25, 0.3) is 11.6 Å². The monoisotopic (exact) mass is 429 g/mol. The van der Waals surface area contributed by atoms with E-state index >= 15 is 0 Å². The van der Waals surface area contributed by atoms with Gasteiger partial charge in [0, 0.05) is 35.1 Å². The highest BCUT2D eigenvalue weighted by atomic mass is 32.1. The van der Waals surface area contributed by atoms with Gasteiger partial charge in [-0.05, 0) is 52.2 Å². The molecule has 4 rings (SSSR count). The summed E-state index contributed by atoms with van der Waals surface area (Å²) in [6.07, 6.45) is 3.15. The minimum Gasteiger partial charge on any atom is -0.379 e. The van der Waals surface area contributed by atoms with Crippen LogP contribution in [-0.2, 0) is 9.47 Å². The quantitative estimate of drug-likeness (QED) is 0.540. The van der Waals surface area contributed by atoms with Crippen LogP contribution in [0.4, 0.5) is 0 Å². The van der Waals surface area contributed by atoms with Crippen molar-refractivity contribution in [3.05, 3.63) is 33.1 Å². The van der Waals surface area contributed by atoms with Gasteiger partial charge < -0.3 is 19.3 Å². The first-order valence-corrected chi connectivity index (χ1v) is 11.2. The highest BCUT2D eigenvalue weighted by Crippen LogP contribution is 2.32. The number of aryl methyl sites for hydroxylation is 3. The SMILES string of the molecule is Cc1cc(-c2cc(C(=O)NCCCOCC3CCCO3)c3c(C)noc3n2)c(C)s1. The zero-order valence-corrected chi connectivity index (χ0v) is 18.4. The molecular weight excluding hydrogens is 402 g/mol. The van der Waals surface area contributed by atoms with E-state index in [0.717, 1.165) is 42.0 Å². The first-order valence-electron chi connectivity index (χ1n) is 10.3. The van der Waals surface area contributed by atoms with Crippen molar-refractivity contribution in [1.82, 2.24) is 15.5 Å². The lowest BCUT2D eigenvalue weighted by Crippen LogP contribution is -2.26. The first kappa shape index (κ1) is 21.0. The molecule has 1 unspecified atom stereocenters. The summed E-state index contributed by atoms with van der Waals surface area (Å²) in [5.74, 6) is -0.154. The van der Waals surface area contributed by atoms with Gasteiger partial charge in [0.2, 0.25) is 0 Å². The van der Waals surface area contributed by atoms with E-state index in [0.29, 0.717) is 42.1 Å². The Bertz CT molecular complexity index is 1040. The minimum atomic E-state index is -0.154. The maximum absolute atomic E-state index is 13.0. The van der Waals surface area contributed by atoms with Crippen LogP contribution < -0.4 is 5.32 Å². The molecule has 1 aliphatic rings. The number of pyridine rings is 1. The van der Waals surface area contributed by atoms with Gasteiger partial charge in [0.05, 0.1) is 35.0 Å². The molecule has 160 valence electrons. The number of hydrogen-bond donors (Lipinski definition) is 1. The van der Waals surface area contributed by atoms with Crippen LogP contribution in [-0.4, -0.2) is 48.5 Å². The topological polar surface area (TPSA) is 86.5 Å². The minimum absolute atomic E-state index is 0.154. The van der Waals surface area contributed by atoms with Crippen LogP contribution in [0.1, 0.15) is 45.1 Å². The third kappa shape index (κ3) is 4.55. The molecule has 3 aromatic rings. The summed E-state index contributed by atoms with van der Waals surface area (Å²) in [5, 5.41) is 7.67. The van der Waals surface area contributed by atoms with Crippen LogP contribution in [0.3, 0.4) is 0 Å². The fraction of sp³-hybridized carbons (Fsp3) is 0.500. The van der Waals surface area contributed by atoms with Gasteiger partial charge in [-0.2, -0.15) is 0 Å². The van der Waals surface area contributed by atoms with Crippen molar-refractivity contribution >= 4 is 28.3 Å². The number of aromatic nitrogens is 2. The molecule has 1 N–H and O–H groups in total. The highest BCUT2D eigenvalue weighted by molar-refractivity contribution is 7.12. The van der Waals surface area contributed by atoms with E-state index in [1.54, 1.807) is 11.3 Å². The van der Waals surface area contributed by atoms with Crippen molar-refractivity contribution in [1.29, 1.82) is 0 Å². The number of carbonyl (C=O) groups is 1. The Kier molecular flexibility index (Phi) is 6.46. The summed E-state index contributed by atoms with van der Waals surface area (Å²) >= 11 is 1.71. The summed E-state index contributed by atoms with van der Waals surface area (Å²) in [6, 6.07) is 3.93. The number of carbonyl (C=O) groups excluding carboxylic acids is 1. The third-order valence-corrected chi connectivity index (χ3v) is 6.22. The van der Waals surface area contributed by atoms with Gasteiger partial charge in [-0.15, -0.1) is 11.3 Å². The summed E-state index contributed by atoms with van der Waals surface area (Å²) in [7, 11) is 0. The van der Waals surface area contributed by atoms with E-state index in [2.05, 4.69) is 35.4 Å². The number of fused-ring (bicyclic) bond motifs is 1. The molecule has 0 saturated carbocycles. The molecule has 0 bridgehead atoms. The molecule has 1 fully saturated rings. The van der Waals surface area contributed by atoms with Gasteiger partial charge in [-0.3, -0.25) is 4.79 Å². The van der Waals surface area contributed by atoms with Crippen molar-refractivity contribution in [2.24, 2.45) is 0 Å². The predicted octanol–water partition coefficient (Wildman–Crippen LogP) is 4.19. The van der Waals surface area contributed by atoms with Crippen LogP contribution in [0, 0.1) is 20.8 Å². The second-order valence-corrected chi connectivity index (χ2v) is 9.11. The van der Waals surface area contributed by atoms with Crippen LogP contribution in [0.2, 0.25) is 0 Å². The Balaban J connectivity index is 1.43. The molecule has 1 aliphatic heterocycles. The second kappa shape index (κ2) is 9.24. The lowest BCUT2D eigenvalue weighted by atomic mass is 10.1. The molecule has 0 radical (unpaired) electrons. The predicted molar refractivity (Wildman–Crippen MR) is 116 cm³/mol. The Morgan fingerprint density at radius 3 is 2.93 bits per heavy atom. The van der Waals surface area contributed by atoms with E-state index in [9.17, 15) is 4.79 Å². The van der Waals surface area contributed by atoms with E-state index < -0.39 is 0 Å². The molecule has 8 heteroatoms. The van der Waals surface area contributed by atoms with Crippen molar-refractivity contribution < 1.29 is 18.8 Å². The molecule has 1 saturated heterocycles. The van der Waals surface area contributed by atoms with E-state index in [-0.39, 0.29) is 12.0 Å². The van der Waals surface area contributed by atoms with E-state index in [1.807, 2.05) is 13.0 Å². The summed E-state index contributed by atoms with van der Waals surface area (Å²) < 4.78 is 16.6. The maximum Gasteiger partial charge on any atom is 0.259 e. The zero-order chi connectivity index (χ0) is 21.1. The standard InChI is InChI=1S/C22H27N3O4S/c1-13-10-17(15(3)30-13)19-11-18(20-14(2)25-29-22(20)24-19)21(26)23-7-5-8-27-12-16-6-4-9-28-16/h10-11,16H,4-9,12H2,1-3H3,(H,23,26). The first-order chi connectivity index (χ1) is 14.5. The smallest absolute Gasteiger partial charge is 0.259 e. The van der Waals surface area contributed by atoms with Crippen molar-refractivity contribution in [3.63, 3.8) is 0 Å². The largest absolute Gasteiger partial charge is 0.379 e. The molecule has 30 heavy (non-hydrogen) atoms.